The average Bonchev–Trinajstić information content (AvgIpc) is 3.08. The number of imidazole rings is 1. The number of alkyl halides is 3. The molecule has 2 aromatic rings. The zero-order chi connectivity index (χ0) is 17.3. The van der Waals surface area contributed by atoms with Gasteiger partial charge in [-0.1, -0.05) is 0 Å². The first-order valence-electron chi connectivity index (χ1n) is 7.70. The molecule has 1 saturated heterocycles. The van der Waals surface area contributed by atoms with Crippen molar-refractivity contribution >= 4 is 11.8 Å². The van der Waals surface area contributed by atoms with Gasteiger partial charge >= 0.3 is 6.18 Å². The SMILES string of the molecule is CN(C)c1cc(C(F)(F)F)nc(N2CCC[C@@H](n3ccnc3)C2)n1. The fraction of sp³-hybridized carbons (Fsp3) is 0.533. The second kappa shape index (κ2) is 6.29. The van der Waals surface area contributed by atoms with Crippen LogP contribution in [0, 0.1) is 0 Å². The summed E-state index contributed by atoms with van der Waals surface area (Å²) in [6.07, 6.45) is 2.61. The fourth-order valence-corrected chi connectivity index (χ4v) is 2.80. The molecule has 2 aromatic heterocycles. The summed E-state index contributed by atoms with van der Waals surface area (Å²) in [4.78, 5) is 15.5. The topological polar surface area (TPSA) is 50.1 Å². The number of hydrogen-bond acceptors (Lipinski definition) is 5. The van der Waals surface area contributed by atoms with Crippen molar-refractivity contribution in [2.45, 2.75) is 25.1 Å². The molecule has 3 rings (SSSR count). The van der Waals surface area contributed by atoms with Crippen LogP contribution in [0.2, 0.25) is 0 Å². The maximum absolute atomic E-state index is 13.1. The Morgan fingerprint density at radius 3 is 2.67 bits per heavy atom. The second-order valence-corrected chi connectivity index (χ2v) is 6.06. The number of halogens is 3. The molecule has 1 aliphatic rings. The van der Waals surface area contributed by atoms with E-state index in [1.807, 2.05) is 15.7 Å². The minimum Gasteiger partial charge on any atom is -0.363 e. The summed E-state index contributed by atoms with van der Waals surface area (Å²) in [6.45, 7) is 1.20. The molecule has 0 radical (unpaired) electrons. The summed E-state index contributed by atoms with van der Waals surface area (Å²) >= 11 is 0. The summed E-state index contributed by atoms with van der Waals surface area (Å²) in [5, 5.41) is 0. The van der Waals surface area contributed by atoms with Gasteiger partial charge in [0, 0.05) is 45.6 Å². The Bertz CT molecular complexity index is 683. The largest absolute Gasteiger partial charge is 0.433 e. The fourth-order valence-electron chi connectivity index (χ4n) is 2.80. The van der Waals surface area contributed by atoms with Crippen LogP contribution in [0.1, 0.15) is 24.6 Å². The number of nitrogens with zero attached hydrogens (tertiary/aromatic N) is 6. The Kier molecular flexibility index (Phi) is 4.33. The molecule has 6 nitrogen and oxygen atoms in total. The highest BCUT2D eigenvalue weighted by molar-refractivity contribution is 5.46. The van der Waals surface area contributed by atoms with E-state index in [1.54, 1.807) is 31.5 Å². The van der Waals surface area contributed by atoms with E-state index in [2.05, 4.69) is 15.0 Å². The van der Waals surface area contributed by atoms with E-state index in [1.165, 1.54) is 0 Å². The van der Waals surface area contributed by atoms with E-state index < -0.39 is 11.9 Å². The lowest BCUT2D eigenvalue weighted by Crippen LogP contribution is -2.38. The van der Waals surface area contributed by atoms with Gasteiger partial charge in [0.05, 0.1) is 12.4 Å². The van der Waals surface area contributed by atoms with E-state index in [-0.39, 0.29) is 17.8 Å². The number of rotatable bonds is 3. The molecule has 130 valence electrons. The quantitative estimate of drug-likeness (QED) is 0.860. The van der Waals surface area contributed by atoms with Crippen LogP contribution < -0.4 is 9.80 Å². The summed E-state index contributed by atoms with van der Waals surface area (Å²) < 4.78 is 41.4. The lowest BCUT2D eigenvalue weighted by Gasteiger charge is -2.34. The van der Waals surface area contributed by atoms with Gasteiger partial charge in [-0.2, -0.15) is 18.2 Å². The molecule has 3 heterocycles. The molecule has 0 bridgehead atoms. The van der Waals surface area contributed by atoms with Crippen LogP contribution in [-0.4, -0.2) is 46.7 Å². The van der Waals surface area contributed by atoms with Crippen LogP contribution in [-0.2, 0) is 6.18 Å². The molecule has 24 heavy (non-hydrogen) atoms. The van der Waals surface area contributed by atoms with Crippen LogP contribution in [0.25, 0.3) is 0 Å². The Labute approximate surface area is 137 Å². The van der Waals surface area contributed by atoms with Gasteiger partial charge in [0.25, 0.3) is 0 Å². The highest BCUT2D eigenvalue weighted by atomic mass is 19.4. The van der Waals surface area contributed by atoms with Crippen LogP contribution in [0.5, 0.6) is 0 Å². The van der Waals surface area contributed by atoms with Gasteiger partial charge < -0.3 is 14.4 Å². The van der Waals surface area contributed by atoms with Crippen LogP contribution in [0.3, 0.4) is 0 Å². The molecule has 1 fully saturated rings. The Morgan fingerprint density at radius 2 is 2.04 bits per heavy atom. The first kappa shape index (κ1) is 16.5. The molecule has 0 unspecified atom stereocenters. The predicted molar refractivity (Wildman–Crippen MR) is 84.1 cm³/mol. The molecule has 0 amide bonds. The number of hydrogen-bond donors (Lipinski definition) is 0. The number of aromatic nitrogens is 4. The molecule has 0 aliphatic carbocycles. The highest BCUT2D eigenvalue weighted by Crippen LogP contribution is 2.32. The minimum absolute atomic E-state index is 0.123. The summed E-state index contributed by atoms with van der Waals surface area (Å²) in [5.74, 6) is 0.371. The smallest absolute Gasteiger partial charge is 0.363 e. The zero-order valence-electron chi connectivity index (χ0n) is 13.5. The van der Waals surface area contributed by atoms with Gasteiger partial charge in [0.2, 0.25) is 5.95 Å². The lowest BCUT2D eigenvalue weighted by molar-refractivity contribution is -0.141. The van der Waals surface area contributed by atoms with Crippen molar-refractivity contribution in [3.05, 3.63) is 30.5 Å². The maximum atomic E-state index is 13.1. The highest BCUT2D eigenvalue weighted by Gasteiger charge is 2.35. The molecule has 9 heteroatoms. The van der Waals surface area contributed by atoms with Gasteiger partial charge in [0.1, 0.15) is 5.82 Å². The van der Waals surface area contributed by atoms with Crippen molar-refractivity contribution in [2.75, 3.05) is 37.0 Å². The number of anilines is 2. The average molecular weight is 340 g/mol. The van der Waals surface area contributed by atoms with Gasteiger partial charge in [-0.25, -0.2) is 9.97 Å². The normalized spacial score (nSPS) is 18.7. The first-order chi connectivity index (χ1) is 11.3. The van der Waals surface area contributed by atoms with Crippen molar-refractivity contribution in [2.24, 2.45) is 0 Å². The Balaban J connectivity index is 1.91. The number of piperidine rings is 1. The molecule has 0 saturated carbocycles. The van der Waals surface area contributed by atoms with Crippen molar-refractivity contribution in [3.63, 3.8) is 0 Å². The van der Waals surface area contributed by atoms with E-state index in [4.69, 9.17) is 0 Å². The zero-order valence-corrected chi connectivity index (χ0v) is 13.5. The van der Waals surface area contributed by atoms with Crippen LogP contribution in [0.15, 0.2) is 24.8 Å². The van der Waals surface area contributed by atoms with Gasteiger partial charge in [-0.15, -0.1) is 0 Å². The predicted octanol–water partition coefficient (Wildman–Crippen LogP) is 2.60. The minimum atomic E-state index is -4.50. The third kappa shape index (κ3) is 3.44. The molecular weight excluding hydrogens is 321 g/mol. The van der Waals surface area contributed by atoms with E-state index >= 15 is 0 Å². The maximum Gasteiger partial charge on any atom is 0.433 e. The van der Waals surface area contributed by atoms with Gasteiger partial charge in [-0.05, 0) is 12.8 Å². The van der Waals surface area contributed by atoms with Crippen molar-refractivity contribution < 1.29 is 13.2 Å². The molecule has 0 spiro atoms. The first-order valence-corrected chi connectivity index (χ1v) is 7.70. The summed E-state index contributed by atoms with van der Waals surface area (Å²) in [7, 11) is 3.33. The second-order valence-electron chi connectivity index (χ2n) is 6.06. The Morgan fingerprint density at radius 1 is 1.25 bits per heavy atom. The monoisotopic (exact) mass is 340 g/mol. The standard InChI is InChI=1S/C15H19F3N6/c1-22(2)13-8-12(15(16,17)18)20-14(21-13)23-6-3-4-11(9-23)24-7-5-19-10-24/h5,7-8,10-11H,3-4,6,9H2,1-2H3/t11-/m1/s1. The van der Waals surface area contributed by atoms with E-state index in [9.17, 15) is 13.2 Å². The van der Waals surface area contributed by atoms with Crippen molar-refractivity contribution in [1.29, 1.82) is 0 Å². The van der Waals surface area contributed by atoms with Gasteiger partial charge in [0.15, 0.2) is 5.69 Å². The third-order valence-electron chi connectivity index (χ3n) is 4.08. The van der Waals surface area contributed by atoms with Crippen LogP contribution in [0.4, 0.5) is 24.9 Å². The van der Waals surface area contributed by atoms with E-state index in [0.29, 0.717) is 13.1 Å². The third-order valence-corrected chi connectivity index (χ3v) is 4.08. The van der Waals surface area contributed by atoms with E-state index in [0.717, 1.165) is 18.9 Å². The summed E-state index contributed by atoms with van der Waals surface area (Å²) in [6, 6.07) is 1.13. The van der Waals surface area contributed by atoms with Crippen molar-refractivity contribution in [3.8, 4) is 0 Å². The Hall–Kier alpha value is -2.32. The van der Waals surface area contributed by atoms with Gasteiger partial charge in [-0.3, -0.25) is 0 Å². The molecular formula is C15H19F3N6. The molecule has 0 aromatic carbocycles. The lowest BCUT2D eigenvalue weighted by atomic mass is 10.1. The summed E-state index contributed by atoms with van der Waals surface area (Å²) in [5.41, 5.74) is -0.916. The van der Waals surface area contributed by atoms with Crippen LogP contribution >= 0.6 is 0 Å². The molecule has 1 atom stereocenters. The molecule has 1 aliphatic heterocycles. The molecule has 0 N–H and O–H groups in total. The van der Waals surface area contributed by atoms with Crippen molar-refractivity contribution in [1.82, 2.24) is 19.5 Å².